The highest BCUT2D eigenvalue weighted by molar-refractivity contribution is 7.13. The monoisotopic (exact) mass is 287 g/mol. The molecule has 0 atom stereocenters. The van der Waals surface area contributed by atoms with E-state index in [1.54, 1.807) is 18.2 Å². The summed E-state index contributed by atoms with van der Waals surface area (Å²) in [5, 5.41) is 3.66. The third kappa shape index (κ3) is 2.88. The summed E-state index contributed by atoms with van der Waals surface area (Å²) in [7, 11) is 0. The van der Waals surface area contributed by atoms with Gasteiger partial charge < -0.3 is 11.5 Å². The highest BCUT2D eigenvalue weighted by Gasteiger charge is 2.11. The Balaban J connectivity index is 2.43. The lowest BCUT2D eigenvalue weighted by atomic mass is 10.2. The number of aromatic nitrogens is 1. The Hall–Kier alpha value is -1.30. The van der Waals surface area contributed by atoms with Gasteiger partial charge in [-0.05, 0) is 18.2 Å². The molecule has 0 bridgehead atoms. The van der Waals surface area contributed by atoms with Crippen molar-refractivity contribution >= 4 is 45.6 Å². The lowest BCUT2D eigenvalue weighted by Gasteiger charge is -1.98. The summed E-state index contributed by atoms with van der Waals surface area (Å²) in [6, 6.07) is 5.22. The van der Waals surface area contributed by atoms with E-state index in [0.717, 1.165) is 11.3 Å². The summed E-state index contributed by atoms with van der Waals surface area (Å²) in [5.74, 6) is 0.100. The molecule has 0 aliphatic carbocycles. The maximum absolute atomic E-state index is 6.08. The number of guanidine groups is 1. The van der Waals surface area contributed by atoms with Crippen molar-refractivity contribution in [2.45, 2.75) is 0 Å². The Morgan fingerprint density at radius 3 is 2.76 bits per heavy atom. The van der Waals surface area contributed by atoms with Gasteiger partial charge in [-0.25, -0.2) is 4.99 Å². The molecular weight excluding hydrogens is 279 g/mol. The van der Waals surface area contributed by atoms with Crippen LogP contribution >= 0.6 is 34.5 Å². The number of nitrogens with two attached hydrogens (primary N) is 2. The van der Waals surface area contributed by atoms with Crippen LogP contribution in [0.1, 0.15) is 0 Å². The minimum Gasteiger partial charge on any atom is -0.311 e. The second-order valence-corrected chi connectivity index (χ2v) is 4.94. The molecule has 17 heavy (non-hydrogen) atoms. The number of hydrogen-bond donors (Lipinski definition) is 3. The molecule has 2 rings (SSSR count). The van der Waals surface area contributed by atoms with Crippen LogP contribution in [-0.4, -0.2) is 10.9 Å². The Morgan fingerprint density at radius 2 is 2.06 bits per heavy atom. The molecule has 2 aromatic rings. The van der Waals surface area contributed by atoms with Gasteiger partial charge in [-0.15, -0.1) is 4.98 Å². The topological polar surface area (TPSA) is 78.9 Å². The molecule has 0 saturated carbocycles. The molecule has 88 valence electrons. The zero-order valence-corrected chi connectivity index (χ0v) is 10.9. The lowest BCUT2D eigenvalue weighted by molar-refractivity contribution is -0.355. The van der Waals surface area contributed by atoms with Gasteiger partial charge in [0.25, 0.3) is 5.13 Å². The Bertz CT molecular complexity index is 575. The normalized spacial score (nSPS) is 10.2. The number of nitrogens with one attached hydrogen (secondary N) is 1. The SMILES string of the molecule is NC(N)=[NH+]c1nc(-c2cc(Cl)ccc2Cl)cs1. The fourth-order valence-electron chi connectivity index (χ4n) is 1.27. The molecule has 0 saturated heterocycles. The first-order chi connectivity index (χ1) is 8.06. The molecule has 5 N–H and O–H groups in total. The van der Waals surface area contributed by atoms with E-state index < -0.39 is 0 Å². The fraction of sp³-hybridized carbons (Fsp3) is 0. The van der Waals surface area contributed by atoms with Crippen molar-refractivity contribution < 1.29 is 4.99 Å². The first kappa shape index (κ1) is 12.2. The van der Waals surface area contributed by atoms with Crippen molar-refractivity contribution in [2.75, 3.05) is 0 Å². The number of rotatable bonds is 2. The third-order valence-electron chi connectivity index (χ3n) is 1.96. The molecular formula is C10H9Cl2N4S+. The van der Waals surface area contributed by atoms with E-state index in [1.807, 2.05) is 5.38 Å². The van der Waals surface area contributed by atoms with Crippen LogP contribution in [0.3, 0.4) is 0 Å². The average Bonchev–Trinajstić information content (AvgIpc) is 2.69. The van der Waals surface area contributed by atoms with E-state index in [2.05, 4.69) is 9.98 Å². The van der Waals surface area contributed by atoms with Crippen molar-refractivity contribution in [1.29, 1.82) is 0 Å². The van der Waals surface area contributed by atoms with Crippen LogP contribution in [0, 0.1) is 0 Å². The highest BCUT2D eigenvalue weighted by atomic mass is 35.5. The highest BCUT2D eigenvalue weighted by Crippen LogP contribution is 2.31. The zero-order chi connectivity index (χ0) is 12.4. The van der Waals surface area contributed by atoms with Crippen molar-refractivity contribution in [1.82, 2.24) is 4.98 Å². The molecule has 0 unspecified atom stereocenters. The first-order valence-electron chi connectivity index (χ1n) is 4.62. The fourth-order valence-corrected chi connectivity index (χ4v) is 2.39. The van der Waals surface area contributed by atoms with E-state index in [4.69, 9.17) is 34.7 Å². The molecule has 7 heteroatoms. The van der Waals surface area contributed by atoms with E-state index in [1.165, 1.54) is 11.3 Å². The predicted octanol–water partition coefficient (Wildman–Crippen LogP) is 1.10. The van der Waals surface area contributed by atoms with E-state index in [0.29, 0.717) is 15.2 Å². The number of thiazole rings is 1. The quantitative estimate of drug-likeness (QED) is 0.572. The maximum atomic E-state index is 6.08. The standard InChI is InChI=1S/C10H8Cl2N4S/c11-5-1-2-7(12)6(3-5)8-4-17-10(15-8)16-9(13)14/h1-4H,(H4,13,14,15,16)/p+1. The summed E-state index contributed by atoms with van der Waals surface area (Å²) in [6.07, 6.45) is 0. The van der Waals surface area contributed by atoms with Crippen LogP contribution in [0.5, 0.6) is 0 Å². The number of nitrogens with zero attached hydrogens (tertiary/aromatic N) is 1. The van der Waals surface area contributed by atoms with Gasteiger partial charge in [-0.2, -0.15) is 0 Å². The van der Waals surface area contributed by atoms with Crippen LogP contribution in [0.4, 0.5) is 5.13 Å². The largest absolute Gasteiger partial charge is 0.311 e. The summed E-state index contributed by atoms with van der Waals surface area (Å²) in [5.41, 5.74) is 12.2. The Morgan fingerprint density at radius 1 is 1.29 bits per heavy atom. The molecule has 0 spiro atoms. The van der Waals surface area contributed by atoms with Crippen LogP contribution in [0.15, 0.2) is 23.6 Å². The van der Waals surface area contributed by atoms with E-state index in [-0.39, 0.29) is 5.96 Å². The van der Waals surface area contributed by atoms with Gasteiger partial charge >= 0.3 is 5.96 Å². The molecule has 0 radical (unpaired) electrons. The minimum absolute atomic E-state index is 0.100. The van der Waals surface area contributed by atoms with Gasteiger partial charge in [-0.3, -0.25) is 0 Å². The minimum atomic E-state index is 0.100. The summed E-state index contributed by atoms with van der Waals surface area (Å²) >= 11 is 13.4. The molecule has 4 nitrogen and oxygen atoms in total. The molecule has 1 heterocycles. The van der Waals surface area contributed by atoms with Crippen LogP contribution in [0.2, 0.25) is 10.0 Å². The van der Waals surface area contributed by atoms with Gasteiger partial charge in [0.15, 0.2) is 0 Å². The van der Waals surface area contributed by atoms with Crippen LogP contribution in [-0.2, 0) is 0 Å². The maximum Gasteiger partial charge on any atom is 0.303 e. The Kier molecular flexibility index (Phi) is 3.51. The van der Waals surface area contributed by atoms with Crippen LogP contribution in [0.25, 0.3) is 11.3 Å². The molecule has 1 aromatic carbocycles. The lowest BCUT2D eigenvalue weighted by Crippen LogP contribution is -2.72. The van der Waals surface area contributed by atoms with Gasteiger partial charge in [0.2, 0.25) is 0 Å². The number of benzene rings is 1. The second-order valence-electron chi connectivity index (χ2n) is 3.24. The average molecular weight is 288 g/mol. The first-order valence-corrected chi connectivity index (χ1v) is 6.25. The van der Waals surface area contributed by atoms with Crippen molar-refractivity contribution in [3.05, 3.63) is 33.6 Å². The van der Waals surface area contributed by atoms with E-state index in [9.17, 15) is 0 Å². The molecule has 0 aliphatic rings. The second kappa shape index (κ2) is 4.91. The van der Waals surface area contributed by atoms with E-state index >= 15 is 0 Å². The van der Waals surface area contributed by atoms with Gasteiger partial charge in [0.1, 0.15) is 5.69 Å². The van der Waals surface area contributed by atoms with Crippen molar-refractivity contribution in [2.24, 2.45) is 11.5 Å². The summed E-state index contributed by atoms with van der Waals surface area (Å²) < 4.78 is 0. The number of halogens is 2. The number of hydrogen-bond acceptors (Lipinski definition) is 2. The van der Waals surface area contributed by atoms with Gasteiger partial charge in [-0.1, -0.05) is 34.5 Å². The molecule has 0 amide bonds. The van der Waals surface area contributed by atoms with Crippen LogP contribution < -0.4 is 16.5 Å². The zero-order valence-electron chi connectivity index (χ0n) is 8.58. The third-order valence-corrected chi connectivity index (χ3v) is 3.28. The Labute approximate surface area is 112 Å². The predicted molar refractivity (Wildman–Crippen MR) is 71.6 cm³/mol. The smallest absolute Gasteiger partial charge is 0.303 e. The molecule has 0 fully saturated rings. The molecule has 1 aromatic heterocycles. The summed E-state index contributed by atoms with van der Waals surface area (Å²) in [6.45, 7) is 0. The van der Waals surface area contributed by atoms with Crippen molar-refractivity contribution in [3.8, 4) is 11.3 Å². The van der Waals surface area contributed by atoms with Gasteiger partial charge in [0, 0.05) is 16.0 Å². The van der Waals surface area contributed by atoms with Gasteiger partial charge in [0.05, 0.1) is 5.02 Å². The summed E-state index contributed by atoms with van der Waals surface area (Å²) in [4.78, 5) is 7.04. The van der Waals surface area contributed by atoms with Crippen molar-refractivity contribution in [3.63, 3.8) is 0 Å². The molecule has 0 aliphatic heterocycles.